The Bertz CT molecular complexity index is 759. The lowest BCUT2D eigenvalue weighted by atomic mass is 10.1. The number of rotatable bonds is 18. The molecule has 14 N–H and O–H groups in total. The first-order valence-corrected chi connectivity index (χ1v) is 10.9. The fraction of sp³-hybridized carbons (Fsp3) is 0.684. The number of aliphatic hydroxyl groups is 1. The first-order valence-electron chi connectivity index (χ1n) is 10.9. The van der Waals surface area contributed by atoms with Crippen LogP contribution in [-0.4, -0.2) is 94.8 Å². The molecule has 0 heterocycles. The Morgan fingerprint density at radius 2 is 1.31 bits per heavy atom. The van der Waals surface area contributed by atoms with E-state index >= 15 is 0 Å². The summed E-state index contributed by atoms with van der Waals surface area (Å²) in [5.74, 6) is -5.50. The lowest BCUT2D eigenvalue weighted by Gasteiger charge is -2.25. The number of unbranched alkanes of at least 4 members (excludes halogenated alkanes) is 1. The zero-order valence-electron chi connectivity index (χ0n) is 19.3. The molecule has 0 aromatic carbocycles. The van der Waals surface area contributed by atoms with Gasteiger partial charge in [-0.25, -0.2) is 4.79 Å². The van der Waals surface area contributed by atoms with Gasteiger partial charge in [0.15, 0.2) is 5.96 Å². The Kier molecular flexibility index (Phi) is 15.3. The number of nitrogens with two attached hydrogens (primary N) is 4. The largest absolute Gasteiger partial charge is 0.481 e. The summed E-state index contributed by atoms with van der Waals surface area (Å²) < 4.78 is 0. The third-order valence-electron chi connectivity index (χ3n) is 4.69. The van der Waals surface area contributed by atoms with Gasteiger partial charge in [-0.15, -0.1) is 0 Å². The highest BCUT2D eigenvalue weighted by Gasteiger charge is 2.30. The van der Waals surface area contributed by atoms with E-state index in [9.17, 15) is 24.0 Å². The minimum Gasteiger partial charge on any atom is -0.481 e. The van der Waals surface area contributed by atoms with Gasteiger partial charge < -0.3 is 54.2 Å². The average Bonchev–Trinajstić information content (AvgIpc) is 2.77. The molecule has 16 heteroatoms. The van der Waals surface area contributed by atoms with Gasteiger partial charge in [-0.2, -0.15) is 0 Å². The van der Waals surface area contributed by atoms with E-state index in [1.165, 1.54) is 0 Å². The zero-order chi connectivity index (χ0) is 27.0. The molecule has 0 bridgehead atoms. The molecule has 0 aromatic rings. The number of carbonyl (C=O) groups excluding carboxylic acids is 3. The van der Waals surface area contributed by atoms with Crippen LogP contribution in [0, 0.1) is 0 Å². The molecule has 16 nitrogen and oxygen atoms in total. The average molecular weight is 505 g/mol. The number of carbonyl (C=O) groups is 5. The normalized spacial score (nSPS) is 14.0. The van der Waals surface area contributed by atoms with Gasteiger partial charge in [-0.05, 0) is 38.6 Å². The van der Waals surface area contributed by atoms with Crippen molar-refractivity contribution in [1.82, 2.24) is 16.0 Å². The fourth-order valence-corrected chi connectivity index (χ4v) is 2.82. The minimum atomic E-state index is -1.58. The molecule has 0 aliphatic carbocycles. The third-order valence-corrected chi connectivity index (χ3v) is 4.69. The van der Waals surface area contributed by atoms with Crippen molar-refractivity contribution < 1.29 is 39.3 Å². The number of nitrogens with one attached hydrogen (secondary N) is 3. The van der Waals surface area contributed by atoms with Crippen LogP contribution in [0.25, 0.3) is 0 Å². The molecular formula is C19H36N8O8. The number of aliphatic imine (C=N–C) groups is 1. The highest BCUT2D eigenvalue weighted by molar-refractivity contribution is 5.94. The Morgan fingerprint density at radius 3 is 1.77 bits per heavy atom. The number of amides is 3. The van der Waals surface area contributed by atoms with Crippen LogP contribution >= 0.6 is 0 Å². The molecule has 0 rings (SSSR count). The quantitative estimate of drug-likeness (QED) is 0.0480. The van der Waals surface area contributed by atoms with Gasteiger partial charge in [0.05, 0.1) is 19.1 Å². The van der Waals surface area contributed by atoms with E-state index in [2.05, 4.69) is 20.9 Å². The minimum absolute atomic E-state index is 0.0136. The van der Waals surface area contributed by atoms with Crippen molar-refractivity contribution in [2.75, 3.05) is 19.7 Å². The second kappa shape index (κ2) is 17.0. The molecule has 4 atom stereocenters. The van der Waals surface area contributed by atoms with Crippen LogP contribution < -0.4 is 38.9 Å². The van der Waals surface area contributed by atoms with Gasteiger partial charge in [0.25, 0.3) is 0 Å². The molecule has 4 unspecified atom stereocenters. The van der Waals surface area contributed by atoms with E-state index in [4.69, 9.17) is 38.3 Å². The second-order valence-electron chi connectivity index (χ2n) is 7.64. The highest BCUT2D eigenvalue weighted by Crippen LogP contribution is 2.06. The van der Waals surface area contributed by atoms with E-state index < -0.39 is 66.9 Å². The zero-order valence-corrected chi connectivity index (χ0v) is 19.3. The van der Waals surface area contributed by atoms with Gasteiger partial charge in [-0.1, -0.05) is 0 Å². The molecule has 0 spiro atoms. The SMILES string of the molecule is NCCCCC(NC(=O)C(CCCN=C(N)N)NC(=O)C(N)CC(=O)O)C(=O)NC(CO)C(=O)O. The summed E-state index contributed by atoms with van der Waals surface area (Å²) in [7, 11) is 0. The lowest BCUT2D eigenvalue weighted by Crippen LogP contribution is -2.57. The number of carboxylic acid groups (broad SMARTS) is 2. The maximum Gasteiger partial charge on any atom is 0.328 e. The smallest absolute Gasteiger partial charge is 0.328 e. The van der Waals surface area contributed by atoms with Gasteiger partial charge in [0.1, 0.15) is 18.1 Å². The number of nitrogens with zero attached hydrogens (tertiary/aromatic N) is 1. The predicted molar refractivity (Wildman–Crippen MR) is 124 cm³/mol. The van der Waals surface area contributed by atoms with Crippen molar-refractivity contribution >= 4 is 35.6 Å². The summed E-state index contributed by atoms with van der Waals surface area (Å²) >= 11 is 0. The van der Waals surface area contributed by atoms with Crippen molar-refractivity contribution in [2.45, 2.75) is 62.7 Å². The Balaban J connectivity index is 5.54. The summed E-state index contributed by atoms with van der Waals surface area (Å²) in [6.45, 7) is -0.419. The van der Waals surface area contributed by atoms with Crippen LogP contribution in [0.5, 0.6) is 0 Å². The number of aliphatic carboxylic acids is 2. The van der Waals surface area contributed by atoms with E-state index in [-0.39, 0.29) is 31.8 Å². The summed E-state index contributed by atoms with van der Waals surface area (Å²) in [5.41, 5.74) is 21.5. The topological polar surface area (TPSA) is 299 Å². The monoisotopic (exact) mass is 504 g/mol. The molecule has 0 aromatic heterocycles. The molecule has 0 fully saturated rings. The Labute approximate surface area is 201 Å². The number of hydrogen-bond donors (Lipinski definition) is 10. The molecule has 0 radical (unpaired) electrons. The van der Waals surface area contributed by atoms with Gasteiger partial charge in [-0.3, -0.25) is 24.2 Å². The van der Waals surface area contributed by atoms with Crippen molar-refractivity contribution in [3.8, 4) is 0 Å². The number of guanidine groups is 1. The molecule has 0 saturated carbocycles. The van der Waals surface area contributed by atoms with Crippen molar-refractivity contribution in [2.24, 2.45) is 27.9 Å². The van der Waals surface area contributed by atoms with Crippen LogP contribution in [0.4, 0.5) is 0 Å². The summed E-state index contributed by atoms with van der Waals surface area (Å²) in [6.07, 6.45) is 0.608. The van der Waals surface area contributed by atoms with Crippen molar-refractivity contribution in [3.63, 3.8) is 0 Å². The first kappa shape index (κ1) is 31.5. The van der Waals surface area contributed by atoms with E-state index in [1.807, 2.05) is 0 Å². The number of hydrogen-bond acceptors (Lipinski definition) is 9. The molecular weight excluding hydrogens is 468 g/mol. The number of aliphatic hydroxyl groups excluding tert-OH is 1. The Morgan fingerprint density at radius 1 is 0.800 bits per heavy atom. The fourth-order valence-electron chi connectivity index (χ4n) is 2.82. The second-order valence-corrected chi connectivity index (χ2v) is 7.64. The van der Waals surface area contributed by atoms with Crippen LogP contribution in [0.15, 0.2) is 4.99 Å². The maximum atomic E-state index is 12.9. The first-order chi connectivity index (χ1) is 16.4. The molecule has 0 saturated heterocycles. The molecule has 3 amide bonds. The standard InChI is InChI=1S/C19H36N8O8/c20-6-2-1-4-11(17(33)27-13(9-28)18(34)35)26-16(32)12(5-3-7-24-19(22)23)25-15(31)10(21)8-14(29)30/h10-13,28H,1-9,20-21H2,(H,25,31)(H,26,32)(H,27,33)(H,29,30)(H,34,35)(H4,22,23,24). The van der Waals surface area contributed by atoms with Crippen LogP contribution in [-0.2, 0) is 24.0 Å². The van der Waals surface area contributed by atoms with Crippen LogP contribution in [0.1, 0.15) is 38.5 Å². The van der Waals surface area contributed by atoms with Crippen molar-refractivity contribution in [1.29, 1.82) is 0 Å². The molecule has 0 aliphatic rings. The summed E-state index contributed by atoms with van der Waals surface area (Å²) in [6, 6.07) is -5.44. The summed E-state index contributed by atoms with van der Waals surface area (Å²) in [5, 5.41) is 34.0. The van der Waals surface area contributed by atoms with Gasteiger partial charge >= 0.3 is 11.9 Å². The van der Waals surface area contributed by atoms with E-state index in [0.717, 1.165) is 0 Å². The van der Waals surface area contributed by atoms with Gasteiger partial charge in [0, 0.05) is 6.54 Å². The lowest BCUT2D eigenvalue weighted by molar-refractivity contribution is -0.143. The van der Waals surface area contributed by atoms with Crippen molar-refractivity contribution in [3.05, 3.63) is 0 Å². The third kappa shape index (κ3) is 13.7. The number of carboxylic acids is 2. The van der Waals surface area contributed by atoms with E-state index in [0.29, 0.717) is 19.4 Å². The summed E-state index contributed by atoms with van der Waals surface area (Å²) in [4.78, 5) is 63.6. The molecule has 35 heavy (non-hydrogen) atoms. The van der Waals surface area contributed by atoms with E-state index in [1.54, 1.807) is 0 Å². The Hall–Kier alpha value is -3.50. The highest BCUT2D eigenvalue weighted by atomic mass is 16.4. The molecule has 0 aliphatic heterocycles. The van der Waals surface area contributed by atoms with Crippen LogP contribution in [0.2, 0.25) is 0 Å². The predicted octanol–water partition coefficient (Wildman–Crippen LogP) is -4.50. The van der Waals surface area contributed by atoms with Gasteiger partial charge in [0.2, 0.25) is 17.7 Å². The maximum absolute atomic E-state index is 12.9. The van der Waals surface area contributed by atoms with Crippen LogP contribution in [0.3, 0.4) is 0 Å². The molecule has 200 valence electrons.